The number of rotatable bonds is 4. The molecule has 6 heteroatoms. The average Bonchev–Trinajstić information content (AvgIpc) is 2.94. The van der Waals surface area contributed by atoms with Gasteiger partial charge in [-0.2, -0.15) is 0 Å². The summed E-state index contributed by atoms with van der Waals surface area (Å²) in [5.41, 5.74) is 0.665. The molecule has 3 aromatic rings. The van der Waals surface area contributed by atoms with Gasteiger partial charge in [0, 0.05) is 6.08 Å². The van der Waals surface area contributed by atoms with Gasteiger partial charge in [-0.05, 0) is 35.9 Å². The number of halogens is 1. The molecular formula is C19H14FNO3S. The van der Waals surface area contributed by atoms with Crippen molar-refractivity contribution in [2.24, 2.45) is 0 Å². The van der Waals surface area contributed by atoms with Crippen LogP contribution >= 0.6 is 11.3 Å². The van der Waals surface area contributed by atoms with Crippen LogP contribution in [0.25, 0.3) is 12.2 Å². The Balaban J connectivity index is 2.01. The number of H-pyrrole nitrogens is 1. The Hall–Kier alpha value is -2.99. The molecule has 0 unspecified atom stereocenters. The van der Waals surface area contributed by atoms with Gasteiger partial charge >= 0.3 is 0 Å². The minimum atomic E-state index is -0.375. The predicted octanol–water partition coefficient (Wildman–Crippen LogP) is 2.08. The van der Waals surface area contributed by atoms with Crippen LogP contribution in [0, 0.1) is 5.82 Å². The molecule has 25 heavy (non-hydrogen) atoms. The summed E-state index contributed by atoms with van der Waals surface area (Å²) in [6, 6.07) is 12.8. The normalized spacial score (nSPS) is 12.4. The van der Waals surface area contributed by atoms with Gasteiger partial charge in [-0.3, -0.25) is 9.59 Å². The second-order valence-electron chi connectivity index (χ2n) is 5.19. The maximum atomic E-state index is 13.2. The van der Waals surface area contributed by atoms with Gasteiger partial charge in [-0.1, -0.05) is 24.3 Å². The molecule has 0 saturated heterocycles. The number of ether oxygens (including phenoxy) is 1. The molecule has 0 spiro atoms. The van der Waals surface area contributed by atoms with E-state index in [1.54, 1.807) is 42.5 Å². The van der Waals surface area contributed by atoms with Crippen molar-refractivity contribution in [2.75, 3.05) is 7.11 Å². The van der Waals surface area contributed by atoms with Crippen LogP contribution < -0.4 is 19.5 Å². The van der Waals surface area contributed by atoms with Crippen LogP contribution in [0.3, 0.4) is 0 Å². The molecule has 0 fully saturated rings. The van der Waals surface area contributed by atoms with Crippen LogP contribution in [0.4, 0.5) is 4.39 Å². The van der Waals surface area contributed by atoms with E-state index < -0.39 is 0 Å². The lowest BCUT2D eigenvalue weighted by Crippen LogP contribution is -2.20. The standard InChI is InChI=1S/C19H14FNO3S/c1-24-16-8-3-2-7-14(16)15(22)11-18-21-19(23)17(25-18)10-12-5-4-6-13(20)9-12/h2-11H,1H3,(H,21,23)/b17-10+,18-11+. The van der Waals surface area contributed by atoms with Crippen molar-refractivity contribution in [1.29, 1.82) is 0 Å². The molecule has 0 aliphatic rings. The SMILES string of the molecule is COc1ccccc1C(=O)/C=c1\[nH]c(=O)/c(=C\c2cccc(F)c2)s1. The van der Waals surface area contributed by atoms with E-state index in [-0.39, 0.29) is 17.2 Å². The Morgan fingerprint density at radius 2 is 2.00 bits per heavy atom. The number of carbonyl (C=O) groups is 1. The third kappa shape index (κ3) is 3.92. The molecule has 0 atom stereocenters. The highest BCUT2D eigenvalue weighted by Gasteiger charge is 2.09. The first-order chi connectivity index (χ1) is 12.1. The summed E-state index contributed by atoms with van der Waals surface area (Å²) in [4.78, 5) is 27.1. The van der Waals surface area contributed by atoms with E-state index in [9.17, 15) is 14.0 Å². The number of methoxy groups -OCH3 is 1. The number of aromatic amines is 1. The fourth-order valence-corrected chi connectivity index (χ4v) is 3.20. The summed E-state index contributed by atoms with van der Waals surface area (Å²) in [6.07, 6.45) is 2.93. The molecule has 0 radical (unpaired) electrons. The highest BCUT2D eigenvalue weighted by molar-refractivity contribution is 7.07. The zero-order valence-electron chi connectivity index (χ0n) is 13.3. The van der Waals surface area contributed by atoms with Crippen molar-refractivity contribution in [1.82, 2.24) is 4.98 Å². The van der Waals surface area contributed by atoms with Crippen LogP contribution in [0.15, 0.2) is 53.3 Å². The van der Waals surface area contributed by atoms with Gasteiger partial charge in [-0.25, -0.2) is 4.39 Å². The van der Waals surface area contributed by atoms with E-state index in [1.807, 2.05) is 0 Å². The van der Waals surface area contributed by atoms with Gasteiger partial charge in [0.05, 0.1) is 21.9 Å². The number of carbonyl (C=O) groups excluding carboxylic acids is 1. The number of hydrogen-bond acceptors (Lipinski definition) is 4. The first-order valence-corrected chi connectivity index (χ1v) is 8.24. The number of aromatic nitrogens is 1. The molecule has 1 aromatic heterocycles. The van der Waals surface area contributed by atoms with E-state index in [4.69, 9.17) is 4.74 Å². The first-order valence-electron chi connectivity index (χ1n) is 7.42. The minimum Gasteiger partial charge on any atom is -0.496 e. The molecular weight excluding hydrogens is 341 g/mol. The zero-order chi connectivity index (χ0) is 17.8. The third-order valence-electron chi connectivity index (χ3n) is 3.46. The van der Waals surface area contributed by atoms with Gasteiger partial charge in [-0.15, -0.1) is 11.3 Å². The third-order valence-corrected chi connectivity index (χ3v) is 4.42. The molecule has 0 aliphatic heterocycles. The average molecular weight is 355 g/mol. The van der Waals surface area contributed by atoms with E-state index in [0.717, 1.165) is 11.3 Å². The maximum absolute atomic E-state index is 13.2. The van der Waals surface area contributed by atoms with Crippen LogP contribution in [0.5, 0.6) is 5.75 Å². The molecule has 0 saturated carbocycles. The zero-order valence-corrected chi connectivity index (χ0v) is 14.1. The number of ketones is 1. The molecule has 1 heterocycles. The van der Waals surface area contributed by atoms with Crippen molar-refractivity contribution in [3.63, 3.8) is 0 Å². The van der Waals surface area contributed by atoms with E-state index in [1.165, 1.54) is 25.3 Å². The van der Waals surface area contributed by atoms with Crippen LogP contribution in [-0.4, -0.2) is 17.9 Å². The maximum Gasteiger partial charge on any atom is 0.266 e. The van der Waals surface area contributed by atoms with Crippen molar-refractivity contribution in [3.8, 4) is 5.75 Å². The van der Waals surface area contributed by atoms with Crippen molar-refractivity contribution >= 4 is 29.3 Å². The molecule has 3 rings (SSSR count). The summed E-state index contributed by atoms with van der Waals surface area (Å²) >= 11 is 1.13. The summed E-state index contributed by atoms with van der Waals surface area (Å²) in [7, 11) is 1.49. The number of Topliss-reactive ketones (excluding diaryl/α,β-unsaturated/α-hetero) is 1. The molecule has 0 aliphatic carbocycles. The fraction of sp³-hybridized carbons (Fsp3) is 0.0526. The second kappa shape index (κ2) is 7.27. The Morgan fingerprint density at radius 3 is 2.76 bits per heavy atom. The van der Waals surface area contributed by atoms with Crippen molar-refractivity contribution in [3.05, 3.63) is 85.0 Å². The Kier molecular flexibility index (Phi) is 4.90. The summed E-state index contributed by atoms with van der Waals surface area (Å²) in [5.74, 6) is -0.179. The Labute approximate surface area is 146 Å². The van der Waals surface area contributed by atoms with Gasteiger partial charge in [0.15, 0.2) is 5.78 Å². The number of para-hydroxylation sites is 1. The smallest absolute Gasteiger partial charge is 0.266 e. The molecule has 0 bridgehead atoms. The fourth-order valence-electron chi connectivity index (χ4n) is 2.32. The van der Waals surface area contributed by atoms with Gasteiger partial charge in [0.1, 0.15) is 11.6 Å². The monoisotopic (exact) mass is 355 g/mol. The molecule has 126 valence electrons. The first kappa shape index (κ1) is 16.9. The van der Waals surface area contributed by atoms with Gasteiger partial charge < -0.3 is 9.72 Å². The highest BCUT2D eigenvalue weighted by Crippen LogP contribution is 2.18. The lowest BCUT2D eigenvalue weighted by Gasteiger charge is -2.03. The number of benzene rings is 2. The van der Waals surface area contributed by atoms with Crippen LogP contribution in [-0.2, 0) is 0 Å². The quantitative estimate of drug-likeness (QED) is 0.729. The number of hydrogen-bond donors (Lipinski definition) is 1. The largest absolute Gasteiger partial charge is 0.496 e. The summed E-state index contributed by atoms with van der Waals surface area (Å²) < 4.78 is 19.2. The molecule has 1 N–H and O–H groups in total. The number of thiazole rings is 1. The lowest BCUT2D eigenvalue weighted by atomic mass is 10.1. The van der Waals surface area contributed by atoms with E-state index in [2.05, 4.69) is 4.98 Å². The second-order valence-corrected chi connectivity index (χ2v) is 6.28. The van der Waals surface area contributed by atoms with Crippen LogP contribution in [0.2, 0.25) is 0 Å². The lowest BCUT2D eigenvalue weighted by molar-refractivity contribution is 0.105. The van der Waals surface area contributed by atoms with E-state index in [0.29, 0.717) is 26.1 Å². The number of nitrogens with one attached hydrogen (secondary N) is 1. The summed E-state index contributed by atoms with van der Waals surface area (Å²) in [6.45, 7) is 0. The Morgan fingerprint density at radius 1 is 1.20 bits per heavy atom. The Bertz CT molecular complexity index is 1100. The topological polar surface area (TPSA) is 59.2 Å². The predicted molar refractivity (Wildman–Crippen MR) is 95.9 cm³/mol. The highest BCUT2D eigenvalue weighted by atomic mass is 32.1. The van der Waals surface area contributed by atoms with Gasteiger partial charge in [0.2, 0.25) is 0 Å². The molecule has 0 amide bonds. The van der Waals surface area contributed by atoms with Gasteiger partial charge in [0.25, 0.3) is 5.56 Å². The molecule has 2 aromatic carbocycles. The van der Waals surface area contributed by atoms with Crippen LogP contribution in [0.1, 0.15) is 15.9 Å². The minimum absolute atomic E-state index is 0.271. The van der Waals surface area contributed by atoms with Crippen molar-refractivity contribution < 1.29 is 13.9 Å². The van der Waals surface area contributed by atoms with E-state index >= 15 is 0 Å². The van der Waals surface area contributed by atoms with Crippen molar-refractivity contribution in [2.45, 2.75) is 0 Å². The molecule has 4 nitrogen and oxygen atoms in total. The summed E-state index contributed by atoms with van der Waals surface area (Å²) in [5, 5.41) is 0.